The van der Waals surface area contributed by atoms with Crippen molar-refractivity contribution in [1.29, 1.82) is 0 Å². The van der Waals surface area contributed by atoms with Gasteiger partial charge in [0.2, 0.25) is 0 Å². The van der Waals surface area contributed by atoms with Gasteiger partial charge in [0.05, 0.1) is 6.26 Å². The molecule has 0 aliphatic heterocycles. The second-order valence-electron chi connectivity index (χ2n) is 3.19. The lowest BCUT2D eigenvalue weighted by molar-refractivity contribution is 0.237. The maximum Gasteiger partial charge on any atom is 0.112 e. The van der Waals surface area contributed by atoms with Crippen molar-refractivity contribution < 1.29 is 4.74 Å². The van der Waals surface area contributed by atoms with Crippen LogP contribution in [0.4, 0.5) is 0 Å². The summed E-state index contributed by atoms with van der Waals surface area (Å²) >= 11 is 0. The zero-order valence-electron chi connectivity index (χ0n) is 8.41. The summed E-state index contributed by atoms with van der Waals surface area (Å²) in [6.45, 7) is 4.85. The molecule has 0 aromatic heterocycles. The summed E-state index contributed by atoms with van der Waals surface area (Å²) in [6, 6.07) is 8.40. The van der Waals surface area contributed by atoms with Gasteiger partial charge in [0.25, 0.3) is 0 Å². The van der Waals surface area contributed by atoms with Crippen molar-refractivity contribution in [3.63, 3.8) is 0 Å². The number of ether oxygens (including phenoxy) is 1. The molecule has 0 bridgehead atoms. The Balaban J connectivity index is 2.46. The van der Waals surface area contributed by atoms with Gasteiger partial charge < -0.3 is 10.5 Å². The summed E-state index contributed by atoms with van der Waals surface area (Å²) in [5.41, 5.74) is 7.94. The molecule has 0 spiro atoms. The third-order valence-corrected chi connectivity index (χ3v) is 2.06. The number of benzene rings is 1. The highest BCUT2D eigenvalue weighted by Crippen LogP contribution is 2.07. The Morgan fingerprint density at radius 1 is 1.21 bits per heavy atom. The van der Waals surface area contributed by atoms with Gasteiger partial charge in [-0.05, 0) is 30.5 Å². The molecule has 1 aromatic rings. The van der Waals surface area contributed by atoms with Gasteiger partial charge in [-0.2, -0.15) is 0 Å². The van der Waals surface area contributed by atoms with E-state index in [1.165, 1.54) is 17.4 Å². The van der Waals surface area contributed by atoms with E-state index in [1.54, 1.807) is 0 Å². The Morgan fingerprint density at radius 2 is 1.86 bits per heavy atom. The summed E-state index contributed by atoms with van der Waals surface area (Å²) in [5.74, 6) is 0. The standard InChI is InChI=1S/C12H17NO/c1-2-14-10-12-7-5-11(6-8-12)4-3-9-13/h2,5-8H,1,3-4,9-10,13H2. The Kier molecular flexibility index (Phi) is 4.79. The van der Waals surface area contributed by atoms with Gasteiger partial charge in [-0.15, -0.1) is 0 Å². The molecule has 0 heterocycles. The fourth-order valence-electron chi connectivity index (χ4n) is 1.26. The van der Waals surface area contributed by atoms with E-state index < -0.39 is 0 Å². The van der Waals surface area contributed by atoms with E-state index in [-0.39, 0.29) is 0 Å². The van der Waals surface area contributed by atoms with E-state index in [0.29, 0.717) is 6.61 Å². The van der Waals surface area contributed by atoms with Crippen LogP contribution in [0, 0.1) is 0 Å². The lowest BCUT2D eigenvalue weighted by Crippen LogP contribution is -2.00. The summed E-state index contributed by atoms with van der Waals surface area (Å²) in [5, 5.41) is 0. The predicted molar refractivity (Wildman–Crippen MR) is 58.8 cm³/mol. The van der Waals surface area contributed by atoms with Crippen molar-refractivity contribution in [2.24, 2.45) is 5.73 Å². The van der Waals surface area contributed by atoms with Crippen molar-refractivity contribution >= 4 is 0 Å². The van der Waals surface area contributed by atoms with Crippen molar-refractivity contribution in [1.82, 2.24) is 0 Å². The molecule has 76 valence electrons. The number of hydrogen-bond acceptors (Lipinski definition) is 2. The molecule has 2 heteroatoms. The van der Waals surface area contributed by atoms with E-state index >= 15 is 0 Å². The molecule has 0 unspecified atom stereocenters. The van der Waals surface area contributed by atoms with Crippen molar-refractivity contribution in [3.8, 4) is 0 Å². The van der Waals surface area contributed by atoms with Crippen LogP contribution in [0.5, 0.6) is 0 Å². The van der Waals surface area contributed by atoms with E-state index in [9.17, 15) is 0 Å². The first-order valence-electron chi connectivity index (χ1n) is 4.87. The molecule has 1 aromatic carbocycles. The fraction of sp³-hybridized carbons (Fsp3) is 0.333. The first-order valence-corrected chi connectivity index (χ1v) is 4.87. The first-order chi connectivity index (χ1) is 6.86. The maximum atomic E-state index is 5.44. The molecular formula is C12H17NO. The maximum absolute atomic E-state index is 5.44. The third-order valence-electron chi connectivity index (χ3n) is 2.06. The van der Waals surface area contributed by atoms with Crippen molar-refractivity contribution in [2.75, 3.05) is 6.54 Å². The van der Waals surface area contributed by atoms with Crippen LogP contribution >= 0.6 is 0 Å². The average Bonchev–Trinajstić information content (AvgIpc) is 2.25. The van der Waals surface area contributed by atoms with Gasteiger partial charge >= 0.3 is 0 Å². The molecule has 0 atom stereocenters. The van der Waals surface area contributed by atoms with Gasteiger partial charge in [-0.3, -0.25) is 0 Å². The predicted octanol–water partition coefficient (Wildman–Crippen LogP) is 2.24. The van der Waals surface area contributed by atoms with Gasteiger partial charge in [0.1, 0.15) is 6.61 Å². The lowest BCUT2D eigenvalue weighted by atomic mass is 10.1. The molecule has 0 radical (unpaired) electrons. The highest BCUT2D eigenvalue weighted by molar-refractivity contribution is 5.22. The molecule has 0 saturated carbocycles. The van der Waals surface area contributed by atoms with Crippen molar-refractivity contribution in [2.45, 2.75) is 19.4 Å². The molecule has 0 amide bonds. The summed E-state index contributed by atoms with van der Waals surface area (Å²) < 4.78 is 5.08. The Labute approximate surface area is 85.4 Å². The molecule has 1 rings (SSSR count). The van der Waals surface area contributed by atoms with Gasteiger partial charge in [0, 0.05) is 0 Å². The molecule has 0 saturated heterocycles. The van der Waals surface area contributed by atoms with Crippen LogP contribution in [0.3, 0.4) is 0 Å². The summed E-state index contributed by atoms with van der Waals surface area (Å²) in [7, 11) is 0. The van der Waals surface area contributed by atoms with Gasteiger partial charge in [0.15, 0.2) is 0 Å². The molecule has 2 nitrogen and oxygen atoms in total. The summed E-state index contributed by atoms with van der Waals surface area (Å²) in [4.78, 5) is 0. The average molecular weight is 191 g/mol. The monoisotopic (exact) mass is 191 g/mol. The third kappa shape index (κ3) is 3.62. The summed E-state index contributed by atoms with van der Waals surface area (Å²) in [6.07, 6.45) is 3.56. The molecule has 0 fully saturated rings. The normalized spacial score (nSPS) is 9.79. The molecule has 2 N–H and O–H groups in total. The number of aryl methyl sites for hydroxylation is 1. The quantitative estimate of drug-likeness (QED) is 0.700. The van der Waals surface area contributed by atoms with Crippen LogP contribution in [0.1, 0.15) is 17.5 Å². The SMILES string of the molecule is C=COCc1ccc(CCCN)cc1. The largest absolute Gasteiger partial charge is 0.497 e. The van der Waals surface area contributed by atoms with E-state index in [0.717, 1.165) is 19.4 Å². The highest BCUT2D eigenvalue weighted by atomic mass is 16.5. The number of nitrogens with two attached hydrogens (primary N) is 1. The number of rotatable bonds is 6. The minimum Gasteiger partial charge on any atom is -0.497 e. The second kappa shape index (κ2) is 6.22. The van der Waals surface area contributed by atoms with Crippen molar-refractivity contribution in [3.05, 3.63) is 48.2 Å². The Bertz CT molecular complexity index is 266. The lowest BCUT2D eigenvalue weighted by Gasteiger charge is -2.03. The topological polar surface area (TPSA) is 35.2 Å². The van der Waals surface area contributed by atoms with Gasteiger partial charge in [-0.1, -0.05) is 30.8 Å². The van der Waals surface area contributed by atoms with Crippen LogP contribution < -0.4 is 5.73 Å². The first kappa shape index (κ1) is 10.8. The highest BCUT2D eigenvalue weighted by Gasteiger charge is 1.94. The van der Waals surface area contributed by atoms with E-state index in [1.807, 2.05) is 0 Å². The van der Waals surface area contributed by atoms with Crippen LogP contribution in [-0.2, 0) is 17.8 Å². The smallest absolute Gasteiger partial charge is 0.112 e. The molecule has 0 aliphatic rings. The van der Waals surface area contributed by atoms with E-state index in [4.69, 9.17) is 10.5 Å². The Morgan fingerprint density at radius 3 is 2.43 bits per heavy atom. The molecule has 0 aliphatic carbocycles. The second-order valence-corrected chi connectivity index (χ2v) is 3.19. The minimum absolute atomic E-state index is 0.598. The molecular weight excluding hydrogens is 174 g/mol. The van der Waals surface area contributed by atoms with Gasteiger partial charge in [-0.25, -0.2) is 0 Å². The number of hydrogen-bond donors (Lipinski definition) is 1. The Hall–Kier alpha value is -1.28. The minimum atomic E-state index is 0.598. The van der Waals surface area contributed by atoms with E-state index in [2.05, 4.69) is 30.8 Å². The van der Waals surface area contributed by atoms with Crippen LogP contribution in [0.2, 0.25) is 0 Å². The molecule has 14 heavy (non-hydrogen) atoms. The van der Waals surface area contributed by atoms with Crippen LogP contribution in [0.15, 0.2) is 37.1 Å². The fourth-order valence-corrected chi connectivity index (χ4v) is 1.26. The van der Waals surface area contributed by atoms with Crippen LogP contribution in [-0.4, -0.2) is 6.54 Å². The zero-order valence-corrected chi connectivity index (χ0v) is 8.41. The van der Waals surface area contributed by atoms with Crippen LogP contribution in [0.25, 0.3) is 0 Å². The zero-order chi connectivity index (χ0) is 10.2.